The molecular weight excluding hydrogens is 410 g/mol. The number of imidazole rings is 1. The standard InChI is InChI=1S/C21H20ClN3OS2/c22-14-3-4-16-17(12-14)25(8-9-26)20(23-16)13-24-7-5-18-15(6-11-28-18)21(24)19-2-1-10-27-19/h1-4,6,10-12,21,26H,5,7-9,13H2/t21-/m1/s1. The topological polar surface area (TPSA) is 41.3 Å². The maximum atomic E-state index is 9.61. The van der Waals surface area contributed by atoms with Crippen molar-refractivity contribution in [2.24, 2.45) is 0 Å². The highest BCUT2D eigenvalue weighted by Crippen LogP contribution is 2.40. The maximum Gasteiger partial charge on any atom is 0.124 e. The number of hydrogen-bond donors (Lipinski definition) is 1. The summed E-state index contributed by atoms with van der Waals surface area (Å²) in [4.78, 5) is 10.3. The summed E-state index contributed by atoms with van der Waals surface area (Å²) in [6.45, 7) is 2.34. The lowest BCUT2D eigenvalue weighted by molar-refractivity contribution is 0.198. The molecule has 1 aromatic carbocycles. The first kappa shape index (κ1) is 18.3. The minimum atomic E-state index is 0.0774. The number of aliphatic hydroxyl groups excluding tert-OH is 1. The Balaban J connectivity index is 1.56. The molecule has 1 atom stereocenters. The van der Waals surface area contributed by atoms with Gasteiger partial charge in [0, 0.05) is 27.9 Å². The SMILES string of the molecule is OCCn1c(CN2CCc3sccc3[C@@H]2c2cccs2)nc2ccc(Cl)cc21. The van der Waals surface area contributed by atoms with Gasteiger partial charge < -0.3 is 9.67 Å². The van der Waals surface area contributed by atoms with Crippen molar-refractivity contribution >= 4 is 45.3 Å². The van der Waals surface area contributed by atoms with E-state index in [0.29, 0.717) is 11.6 Å². The van der Waals surface area contributed by atoms with Gasteiger partial charge in [-0.3, -0.25) is 4.90 Å². The zero-order valence-corrected chi connectivity index (χ0v) is 17.6. The van der Waals surface area contributed by atoms with Crippen LogP contribution in [0.4, 0.5) is 0 Å². The number of rotatable bonds is 5. The fourth-order valence-corrected chi connectivity index (χ4v) is 6.06. The Bertz CT molecular complexity index is 1100. The van der Waals surface area contributed by atoms with Gasteiger partial charge in [-0.05, 0) is 53.1 Å². The molecule has 0 amide bonds. The van der Waals surface area contributed by atoms with Crippen LogP contribution in [-0.4, -0.2) is 32.7 Å². The van der Waals surface area contributed by atoms with Gasteiger partial charge in [0.05, 0.1) is 30.2 Å². The number of hydrogen-bond acceptors (Lipinski definition) is 5. The van der Waals surface area contributed by atoms with Crippen molar-refractivity contribution in [1.82, 2.24) is 14.5 Å². The molecule has 4 nitrogen and oxygen atoms in total. The highest BCUT2D eigenvalue weighted by atomic mass is 35.5. The molecule has 0 saturated carbocycles. The van der Waals surface area contributed by atoms with Gasteiger partial charge in [-0.25, -0.2) is 4.98 Å². The van der Waals surface area contributed by atoms with E-state index in [4.69, 9.17) is 16.6 Å². The second-order valence-electron chi connectivity index (χ2n) is 6.97. The van der Waals surface area contributed by atoms with E-state index in [-0.39, 0.29) is 12.6 Å². The molecule has 144 valence electrons. The average Bonchev–Trinajstić information content (AvgIpc) is 3.43. The summed E-state index contributed by atoms with van der Waals surface area (Å²) >= 11 is 9.89. The van der Waals surface area contributed by atoms with Crippen molar-refractivity contribution in [2.75, 3.05) is 13.2 Å². The largest absolute Gasteiger partial charge is 0.395 e. The fraction of sp³-hybridized carbons (Fsp3) is 0.286. The maximum absolute atomic E-state index is 9.61. The van der Waals surface area contributed by atoms with E-state index in [1.165, 1.54) is 15.3 Å². The molecule has 1 aliphatic heterocycles. The average molecular weight is 430 g/mol. The summed E-state index contributed by atoms with van der Waals surface area (Å²) in [6, 6.07) is 12.7. The van der Waals surface area contributed by atoms with Gasteiger partial charge in [0.2, 0.25) is 0 Å². The van der Waals surface area contributed by atoms with E-state index in [9.17, 15) is 5.11 Å². The lowest BCUT2D eigenvalue weighted by Crippen LogP contribution is -2.35. The molecule has 0 radical (unpaired) electrons. The summed E-state index contributed by atoms with van der Waals surface area (Å²) in [5.74, 6) is 0.978. The minimum absolute atomic E-state index is 0.0774. The molecule has 0 fully saturated rings. The highest BCUT2D eigenvalue weighted by Gasteiger charge is 2.31. The molecule has 4 aromatic rings. The van der Waals surface area contributed by atoms with Crippen LogP contribution in [0, 0.1) is 0 Å². The zero-order chi connectivity index (χ0) is 19.1. The minimum Gasteiger partial charge on any atom is -0.395 e. The van der Waals surface area contributed by atoms with Crippen LogP contribution in [0.3, 0.4) is 0 Å². The van der Waals surface area contributed by atoms with E-state index < -0.39 is 0 Å². The Kier molecular flexibility index (Phi) is 4.99. The lowest BCUT2D eigenvalue weighted by Gasteiger charge is -2.35. The van der Waals surface area contributed by atoms with Crippen molar-refractivity contribution in [3.63, 3.8) is 0 Å². The first-order valence-corrected chi connectivity index (χ1v) is 11.5. The van der Waals surface area contributed by atoms with Crippen molar-refractivity contribution in [3.8, 4) is 0 Å². The molecule has 28 heavy (non-hydrogen) atoms. The molecule has 4 heterocycles. The second-order valence-corrected chi connectivity index (χ2v) is 9.39. The number of benzene rings is 1. The molecule has 3 aromatic heterocycles. The second kappa shape index (κ2) is 7.61. The van der Waals surface area contributed by atoms with Crippen LogP contribution < -0.4 is 0 Å². The molecule has 0 bridgehead atoms. The Labute approximate surface area is 176 Å². The van der Waals surface area contributed by atoms with Crippen LogP contribution in [0.2, 0.25) is 5.02 Å². The number of fused-ring (bicyclic) bond motifs is 2. The molecule has 7 heteroatoms. The molecule has 0 saturated heterocycles. The predicted molar refractivity (Wildman–Crippen MR) is 116 cm³/mol. The summed E-state index contributed by atoms with van der Waals surface area (Å²) in [7, 11) is 0. The van der Waals surface area contributed by atoms with Gasteiger partial charge >= 0.3 is 0 Å². The van der Waals surface area contributed by atoms with Crippen molar-refractivity contribution in [1.29, 1.82) is 0 Å². The Hall–Kier alpha value is -1.70. The Morgan fingerprint density at radius 1 is 1.18 bits per heavy atom. The van der Waals surface area contributed by atoms with Gasteiger partial charge in [-0.1, -0.05) is 17.7 Å². The van der Waals surface area contributed by atoms with Crippen molar-refractivity contribution in [3.05, 3.63) is 73.3 Å². The van der Waals surface area contributed by atoms with Crippen LogP contribution in [0.25, 0.3) is 11.0 Å². The zero-order valence-electron chi connectivity index (χ0n) is 15.2. The van der Waals surface area contributed by atoms with Crippen LogP contribution in [0.15, 0.2) is 47.2 Å². The molecule has 5 rings (SSSR count). The highest BCUT2D eigenvalue weighted by molar-refractivity contribution is 7.10. The number of aliphatic hydroxyl groups is 1. The van der Waals surface area contributed by atoms with E-state index in [2.05, 4.69) is 38.4 Å². The van der Waals surface area contributed by atoms with Gasteiger partial charge in [-0.15, -0.1) is 22.7 Å². The van der Waals surface area contributed by atoms with Crippen LogP contribution in [0.1, 0.15) is 27.2 Å². The monoisotopic (exact) mass is 429 g/mol. The van der Waals surface area contributed by atoms with Crippen LogP contribution in [0.5, 0.6) is 0 Å². The van der Waals surface area contributed by atoms with Gasteiger partial charge in [0.15, 0.2) is 0 Å². The quantitative estimate of drug-likeness (QED) is 0.487. The smallest absolute Gasteiger partial charge is 0.124 e. The normalized spacial score (nSPS) is 17.3. The first-order chi connectivity index (χ1) is 13.7. The summed E-state index contributed by atoms with van der Waals surface area (Å²) < 4.78 is 2.11. The van der Waals surface area contributed by atoms with Crippen LogP contribution >= 0.6 is 34.3 Å². The van der Waals surface area contributed by atoms with E-state index in [0.717, 1.165) is 36.4 Å². The molecule has 0 aliphatic carbocycles. The summed E-state index contributed by atoms with van der Waals surface area (Å²) in [6.07, 6.45) is 1.07. The van der Waals surface area contributed by atoms with E-state index in [1.807, 2.05) is 40.9 Å². The van der Waals surface area contributed by atoms with E-state index >= 15 is 0 Å². The summed E-state index contributed by atoms with van der Waals surface area (Å²) in [5.41, 5.74) is 3.33. The number of aromatic nitrogens is 2. The third-order valence-corrected chi connectivity index (χ3v) is 7.49. The fourth-order valence-electron chi connectivity index (χ4n) is 4.12. The van der Waals surface area contributed by atoms with E-state index in [1.54, 1.807) is 0 Å². The number of halogens is 1. The summed E-state index contributed by atoms with van der Waals surface area (Å²) in [5, 5.41) is 14.7. The molecule has 0 unspecified atom stereocenters. The van der Waals surface area contributed by atoms with Gasteiger partial charge in [0.25, 0.3) is 0 Å². The van der Waals surface area contributed by atoms with Crippen molar-refractivity contribution < 1.29 is 5.11 Å². The van der Waals surface area contributed by atoms with Gasteiger partial charge in [-0.2, -0.15) is 0 Å². The Morgan fingerprint density at radius 3 is 2.93 bits per heavy atom. The molecule has 1 N–H and O–H groups in total. The third kappa shape index (κ3) is 3.19. The predicted octanol–water partition coefficient (Wildman–Crippen LogP) is 4.95. The lowest BCUT2D eigenvalue weighted by atomic mass is 9.98. The number of thiophene rings is 2. The van der Waals surface area contributed by atoms with Gasteiger partial charge in [0.1, 0.15) is 5.82 Å². The third-order valence-electron chi connectivity index (χ3n) is 5.34. The van der Waals surface area contributed by atoms with Crippen LogP contribution in [-0.2, 0) is 19.5 Å². The number of nitrogens with zero attached hydrogens (tertiary/aromatic N) is 3. The first-order valence-electron chi connectivity index (χ1n) is 9.34. The Morgan fingerprint density at radius 2 is 2.11 bits per heavy atom. The molecular formula is C21H20ClN3OS2. The van der Waals surface area contributed by atoms with Crippen molar-refractivity contribution in [2.45, 2.75) is 25.6 Å². The molecule has 0 spiro atoms. The molecule has 1 aliphatic rings.